The van der Waals surface area contributed by atoms with E-state index in [2.05, 4.69) is 30.2 Å². The van der Waals surface area contributed by atoms with Crippen molar-refractivity contribution in [3.8, 4) is 5.88 Å². The molecular formula is C17H28N2O2. The molecule has 0 amide bonds. The largest absolute Gasteiger partial charge is 0.475 e. The lowest BCUT2D eigenvalue weighted by molar-refractivity contribution is 0.0964. The van der Waals surface area contributed by atoms with Crippen LogP contribution in [0.2, 0.25) is 0 Å². The van der Waals surface area contributed by atoms with Crippen LogP contribution in [0.1, 0.15) is 50.8 Å². The van der Waals surface area contributed by atoms with Crippen molar-refractivity contribution in [2.24, 2.45) is 0 Å². The molecule has 21 heavy (non-hydrogen) atoms. The summed E-state index contributed by atoms with van der Waals surface area (Å²) in [6.07, 6.45) is 5.83. The van der Waals surface area contributed by atoms with Crippen molar-refractivity contribution in [2.45, 2.75) is 58.5 Å². The summed E-state index contributed by atoms with van der Waals surface area (Å²) in [5.74, 6) is 0.723. The monoisotopic (exact) mass is 292 g/mol. The summed E-state index contributed by atoms with van der Waals surface area (Å²) >= 11 is 0. The third-order valence-electron chi connectivity index (χ3n) is 3.57. The van der Waals surface area contributed by atoms with Gasteiger partial charge in [-0.15, -0.1) is 0 Å². The van der Waals surface area contributed by atoms with E-state index in [0.29, 0.717) is 13.2 Å². The molecule has 1 aromatic heterocycles. The standard InChI is InChI=1S/C17H28N2O2/c1-3-5-8-20-9-10-21-17-12-14(11-15(4-2)19-17)13-18-16-6-7-16/h11-12,16,18H,3-10,13H2,1-2H3. The fraction of sp³-hybridized carbons (Fsp3) is 0.706. The SMILES string of the molecule is CCCCOCCOc1cc(CNC2CC2)cc(CC)n1. The molecule has 2 rings (SSSR count). The van der Waals surface area contributed by atoms with Crippen LogP contribution in [0.15, 0.2) is 12.1 Å². The maximum Gasteiger partial charge on any atom is 0.213 e. The van der Waals surface area contributed by atoms with Gasteiger partial charge in [-0.25, -0.2) is 4.98 Å². The Labute approximate surface area is 128 Å². The Hall–Kier alpha value is -1.13. The van der Waals surface area contributed by atoms with E-state index in [1.54, 1.807) is 0 Å². The van der Waals surface area contributed by atoms with Crippen LogP contribution in [0.3, 0.4) is 0 Å². The highest BCUT2D eigenvalue weighted by Crippen LogP contribution is 2.20. The first-order valence-electron chi connectivity index (χ1n) is 8.25. The molecule has 0 atom stereocenters. The fourth-order valence-corrected chi connectivity index (χ4v) is 2.08. The number of nitrogens with zero attached hydrogens (tertiary/aromatic N) is 1. The van der Waals surface area contributed by atoms with Crippen LogP contribution < -0.4 is 10.1 Å². The Balaban J connectivity index is 1.77. The predicted octanol–water partition coefficient (Wildman–Crippen LogP) is 3.09. The Morgan fingerprint density at radius 3 is 2.76 bits per heavy atom. The van der Waals surface area contributed by atoms with Gasteiger partial charge in [0.05, 0.1) is 6.61 Å². The van der Waals surface area contributed by atoms with Crippen LogP contribution >= 0.6 is 0 Å². The van der Waals surface area contributed by atoms with E-state index in [-0.39, 0.29) is 0 Å². The Morgan fingerprint density at radius 2 is 2.05 bits per heavy atom. The summed E-state index contributed by atoms with van der Waals surface area (Å²) in [6.45, 7) is 7.21. The van der Waals surface area contributed by atoms with Crippen molar-refractivity contribution in [2.75, 3.05) is 19.8 Å². The smallest absolute Gasteiger partial charge is 0.213 e. The molecule has 1 saturated carbocycles. The zero-order valence-electron chi connectivity index (χ0n) is 13.4. The van der Waals surface area contributed by atoms with Crippen molar-refractivity contribution in [1.29, 1.82) is 0 Å². The molecule has 1 aliphatic rings. The highest BCUT2D eigenvalue weighted by atomic mass is 16.5. The number of ether oxygens (including phenoxy) is 2. The number of pyridine rings is 1. The molecule has 0 spiro atoms. The first-order chi connectivity index (χ1) is 10.3. The van der Waals surface area contributed by atoms with Gasteiger partial charge in [-0.1, -0.05) is 20.3 Å². The van der Waals surface area contributed by atoms with Crippen LogP contribution in [0, 0.1) is 0 Å². The first kappa shape index (κ1) is 16.2. The average molecular weight is 292 g/mol. The molecule has 4 nitrogen and oxygen atoms in total. The van der Waals surface area contributed by atoms with Gasteiger partial charge in [0.2, 0.25) is 5.88 Å². The van der Waals surface area contributed by atoms with Gasteiger partial charge in [0.1, 0.15) is 6.61 Å². The van der Waals surface area contributed by atoms with Gasteiger partial charge in [-0.3, -0.25) is 0 Å². The van der Waals surface area contributed by atoms with Gasteiger partial charge in [0.25, 0.3) is 0 Å². The molecule has 1 aliphatic carbocycles. The summed E-state index contributed by atoms with van der Waals surface area (Å²) in [5.41, 5.74) is 2.35. The third-order valence-corrected chi connectivity index (χ3v) is 3.57. The topological polar surface area (TPSA) is 43.4 Å². The maximum atomic E-state index is 5.73. The molecule has 0 radical (unpaired) electrons. The van der Waals surface area contributed by atoms with Gasteiger partial charge in [-0.05, 0) is 37.3 Å². The highest BCUT2D eigenvalue weighted by molar-refractivity contribution is 5.25. The summed E-state index contributed by atoms with van der Waals surface area (Å²) in [5, 5.41) is 3.53. The molecule has 0 saturated heterocycles. The Bertz CT molecular complexity index is 419. The number of aromatic nitrogens is 1. The van der Waals surface area contributed by atoms with Gasteiger partial charge in [-0.2, -0.15) is 0 Å². The maximum absolute atomic E-state index is 5.73. The lowest BCUT2D eigenvalue weighted by Gasteiger charge is -2.10. The molecule has 4 heteroatoms. The highest BCUT2D eigenvalue weighted by Gasteiger charge is 2.20. The summed E-state index contributed by atoms with van der Waals surface area (Å²) in [7, 11) is 0. The minimum Gasteiger partial charge on any atom is -0.475 e. The zero-order valence-corrected chi connectivity index (χ0v) is 13.4. The van der Waals surface area contributed by atoms with Crippen LogP contribution in [-0.4, -0.2) is 30.8 Å². The van der Waals surface area contributed by atoms with Crippen LogP contribution in [-0.2, 0) is 17.7 Å². The lowest BCUT2D eigenvalue weighted by Crippen LogP contribution is -2.16. The number of hydrogen-bond acceptors (Lipinski definition) is 4. The van der Waals surface area contributed by atoms with Crippen LogP contribution in [0.25, 0.3) is 0 Å². The molecule has 1 aromatic rings. The zero-order chi connectivity index (χ0) is 14.9. The van der Waals surface area contributed by atoms with Crippen molar-refractivity contribution < 1.29 is 9.47 Å². The van der Waals surface area contributed by atoms with E-state index in [1.165, 1.54) is 18.4 Å². The second kappa shape index (κ2) is 9.00. The van der Waals surface area contributed by atoms with Crippen molar-refractivity contribution in [3.63, 3.8) is 0 Å². The molecule has 0 unspecified atom stereocenters. The third kappa shape index (κ3) is 6.44. The molecule has 0 bridgehead atoms. The summed E-state index contributed by atoms with van der Waals surface area (Å²) in [6, 6.07) is 4.93. The molecule has 1 fully saturated rings. The number of unbranched alkanes of at least 4 members (excludes halogenated alkanes) is 1. The predicted molar refractivity (Wildman–Crippen MR) is 84.7 cm³/mol. The summed E-state index contributed by atoms with van der Waals surface area (Å²) in [4.78, 5) is 4.52. The first-order valence-corrected chi connectivity index (χ1v) is 8.25. The number of rotatable bonds is 11. The van der Waals surface area contributed by atoms with Gasteiger partial charge < -0.3 is 14.8 Å². The van der Waals surface area contributed by atoms with E-state index in [4.69, 9.17) is 9.47 Å². The second-order valence-corrected chi connectivity index (χ2v) is 5.63. The molecule has 1 heterocycles. The van der Waals surface area contributed by atoms with Crippen molar-refractivity contribution in [1.82, 2.24) is 10.3 Å². The van der Waals surface area contributed by atoms with Gasteiger partial charge in [0.15, 0.2) is 0 Å². The second-order valence-electron chi connectivity index (χ2n) is 5.63. The van der Waals surface area contributed by atoms with Crippen molar-refractivity contribution in [3.05, 3.63) is 23.4 Å². The lowest BCUT2D eigenvalue weighted by atomic mass is 10.2. The fourth-order valence-electron chi connectivity index (χ4n) is 2.08. The Morgan fingerprint density at radius 1 is 1.19 bits per heavy atom. The minimum atomic E-state index is 0.569. The van der Waals surface area contributed by atoms with Gasteiger partial charge >= 0.3 is 0 Å². The quantitative estimate of drug-likeness (QED) is 0.637. The number of hydrogen-bond donors (Lipinski definition) is 1. The normalized spacial score (nSPS) is 14.4. The van der Waals surface area contributed by atoms with E-state index in [1.807, 2.05) is 6.07 Å². The molecule has 118 valence electrons. The van der Waals surface area contributed by atoms with Gasteiger partial charge in [0, 0.05) is 31.0 Å². The van der Waals surface area contributed by atoms with Crippen molar-refractivity contribution >= 4 is 0 Å². The van der Waals surface area contributed by atoms with E-state index in [9.17, 15) is 0 Å². The summed E-state index contributed by atoms with van der Waals surface area (Å²) < 4.78 is 11.2. The van der Waals surface area contributed by atoms with Crippen LogP contribution in [0.5, 0.6) is 5.88 Å². The average Bonchev–Trinajstić information content (AvgIpc) is 3.33. The molecule has 1 N–H and O–H groups in total. The van der Waals surface area contributed by atoms with E-state index >= 15 is 0 Å². The van der Waals surface area contributed by atoms with Crippen LogP contribution in [0.4, 0.5) is 0 Å². The van der Waals surface area contributed by atoms with E-state index < -0.39 is 0 Å². The molecule has 0 aliphatic heterocycles. The number of aryl methyl sites for hydroxylation is 1. The van der Waals surface area contributed by atoms with E-state index in [0.717, 1.165) is 50.0 Å². The Kier molecular flexibility index (Phi) is 6.96. The number of nitrogens with one attached hydrogen (secondary N) is 1. The molecule has 0 aromatic carbocycles. The minimum absolute atomic E-state index is 0.569. The molecular weight excluding hydrogens is 264 g/mol.